The molecule has 1 aliphatic heterocycles. The van der Waals surface area contributed by atoms with Crippen molar-refractivity contribution in [3.8, 4) is 5.75 Å². The second-order valence-corrected chi connectivity index (χ2v) is 5.66. The summed E-state index contributed by atoms with van der Waals surface area (Å²) in [6.45, 7) is 8.53. The molecule has 3 heteroatoms. The topological polar surface area (TPSA) is 33.3 Å². The Bertz CT molecular complexity index is 386. The highest BCUT2D eigenvalue weighted by molar-refractivity contribution is 5.30. The zero-order valence-electron chi connectivity index (χ0n) is 12.3. The molecule has 0 bridgehead atoms. The van der Waals surface area contributed by atoms with Gasteiger partial charge in [-0.15, -0.1) is 0 Å². The standard InChI is InChI=1S/C16H26N2O/c1-12(2)19-16-8-4-6-14(10-16)13(3)18-11-15-7-5-9-17-15/h4,6,8,10,12-13,15,17-18H,5,7,9,11H2,1-3H3. The van der Waals surface area contributed by atoms with Gasteiger partial charge in [0.2, 0.25) is 0 Å². The molecule has 0 aliphatic carbocycles. The zero-order valence-corrected chi connectivity index (χ0v) is 12.3. The highest BCUT2D eigenvalue weighted by atomic mass is 16.5. The van der Waals surface area contributed by atoms with Gasteiger partial charge in [-0.3, -0.25) is 0 Å². The lowest BCUT2D eigenvalue weighted by Gasteiger charge is -2.19. The van der Waals surface area contributed by atoms with Crippen LogP contribution in [0, 0.1) is 0 Å². The fraction of sp³-hybridized carbons (Fsp3) is 0.625. The van der Waals surface area contributed by atoms with Gasteiger partial charge in [-0.2, -0.15) is 0 Å². The lowest BCUT2D eigenvalue weighted by atomic mass is 10.1. The van der Waals surface area contributed by atoms with Crippen LogP contribution in [0.3, 0.4) is 0 Å². The summed E-state index contributed by atoms with van der Waals surface area (Å²) in [5, 5.41) is 7.12. The van der Waals surface area contributed by atoms with E-state index >= 15 is 0 Å². The van der Waals surface area contributed by atoms with Gasteiger partial charge in [0.25, 0.3) is 0 Å². The van der Waals surface area contributed by atoms with Crippen molar-refractivity contribution in [1.29, 1.82) is 0 Å². The number of nitrogens with one attached hydrogen (secondary N) is 2. The van der Waals surface area contributed by atoms with E-state index in [4.69, 9.17) is 4.74 Å². The molecule has 0 radical (unpaired) electrons. The Labute approximate surface area is 116 Å². The molecule has 0 aromatic heterocycles. The first kappa shape index (κ1) is 14.4. The molecule has 0 spiro atoms. The quantitative estimate of drug-likeness (QED) is 0.827. The van der Waals surface area contributed by atoms with Gasteiger partial charge < -0.3 is 15.4 Å². The van der Waals surface area contributed by atoms with Gasteiger partial charge in [0.1, 0.15) is 5.75 Å². The maximum Gasteiger partial charge on any atom is 0.120 e. The highest BCUT2D eigenvalue weighted by Crippen LogP contribution is 2.20. The Morgan fingerprint density at radius 1 is 1.37 bits per heavy atom. The summed E-state index contributed by atoms with van der Waals surface area (Å²) in [5.74, 6) is 0.958. The molecule has 0 amide bonds. The molecular weight excluding hydrogens is 236 g/mol. The molecule has 1 saturated heterocycles. The number of ether oxygens (including phenoxy) is 1. The van der Waals surface area contributed by atoms with Crippen molar-refractivity contribution < 1.29 is 4.74 Å². The van der Waals surface area contributed by atoms with E-state index in [0.29, 0.717) is 12.1 Å². The van der Waals surface area contributed by atoms with Crippen LogP contribution in [-0.2, 0) is 0 Å². The summed E-state index contributed by atoms with van der Waals surface area (Å²) in [6.07, 6.45) is 2.82. The van der Waals surface area contributed by atoms with Gasteiger partial charge in [0.15, 0.2) is 0 Å². The first-order valence-electron chi connectivity index (χ1n) is 7.38. The van der Waals surface area contributed by atoms with Gasteiger partial charge in [-0.05, 0) is 57.9 Å². The minimum atomic E-state index is 0.223. The fourth-order valence-corrected chi connectivity index (χ4v) is 2.50. The molecule has 0 saturated carbocycles. The van der Waals surface area contributed by atoms with Crippen molar-refractivity contribution in [3.05, 3.63) is 29.8 Å². The molecule has 1 aliphatic rings. The van der Waals surface area contributed by atoms with Gasteiger partial charge in [0.05, 0.1) is 6.10 Å². The summed E-state index contributed by atoms with van der Waals surface area (Å²) in [5.41, 5.74) is 1.29. The smallest absolute Gasteiger partial charge is 0.120 e. The molecule has 1 aromatic rings. The van der Waals surface area contributed by atoms with Crippen molar-refractivity contribution in [2.75, 3.05) is 13.1 Å². The molecule has 2 N–H and O–H groups in total. The van der Waals surface area contributed by atoms with Crippen molar-refractivity contribution in [2.45, 2.75) is 51.8 Å². The van der Waals surface area contributed by atoms with Crippen molar-refractivity contribution in [2.24, 2.45) is 0 Å². The summed E-state index contributed by atoms with van der Waals surface area (Å²) >= 11 is 0. The molecule has 2 unspecified atom stereocenters. The van der Waals surface area contributed by atoms with E-state index in [1.807, 2.05) is 6.07 Å². The van der Waals surface area contributed by atoms with E-state index < -0.39 is 0 Å². The van der Waals surface area contributed by atoms with Crippen LogP contribution in [0.5, 0.6) is 5.75 Å². The molecule has 2 atom stereocenters. The maximum atomic E-state index is 5.74. The lowest BCUT2D eigenvalue weighted by Crippen LogP contribution is -2.35. The first-order valence-corrected chi connectivity index (χ1v) is 7.38. The van der Waals surface area contributed by atoms with E-state index in [1.165, 1.54) is 24.9 Å². The number of hydrogen-bond donors (Lipinski definition) is 2. The molecule has 2 rings (SSSR count). The first-order chi connectivity index (χ1) is 9.15. The predicted molar refractivity (Wildman–Crippen MR) is 79.6 cm³/mol. The van der Waals surface area contributed by atoms with Gasteiger partial charge in [-0.25, -0.2) is 0 Å². The van der Waals surface area contributed by atoms with Gasteiger partial charge in [0, 0.05) is 18.6 Å². The molecule has 3 nitrogen and oxygen atoms in total. The zero-order chi connectivity index (χ0) is 13.7. The van der Waals surface area contributed by atoms with Gasteiger partial charge >= 0.3 is 0 Å². The largest absolute Gasteiger partial charge is 0.491 e. The normalized spacial score (nSPS) is 20.7. The predicted octanol–water partition coefficient (Wildman–Crippen LogP) is 2.88. The Morgan fingerprint density at radius 3 is 2.89 bits per heavy atom. The van der Waals surface area contributed by atoms with E-state index in [0.717, 1.165) is 12.3 Å². The van der Waals surface area contributed by atoms with Crippen LogP contribution in [0.25, 0.3) is 0 Å². The van der Waals surface area contributed by atoms with Crippen LogP contribution in [0.4, 0.5) is 0 Å². The summed E-state index contributed by atoms with van der Waals surface area (Å²) in [4.78, 5) is 0. The van der Waals surface area contributed by atoms with Crippen LogP contribution in [0.2, 0.25) is 0 Å². The SMILES string of the molecule is CC(C)Oc1cccc(C(C)NCC2CCCN2)c1. The Balaban J connectivity index is 1.88. The van der Waals surface area contributed by atoms with Crippen LogP contribution in [-0.4, -0.2) is 25.2 Å². The molecule has 19 heavy (non-hydrogen) atoms. The van der Waals surface area contributed by atoms with Crippen LogP contribution in [0.1, 0.15) is 45.2 Å². The fourth-order valence-electron chi connectivity index (χ4n) is 2.50. The Kier molecular flexibility index (Phi) is 5.23. The monoisotopic (exact) mass is 262 g/mol. The van der Waals surface area contributed by atoms with Gasteiger partial charge in [-0.1, -0.05) is 12.1 Å². The van der Waals surface area contributed by atoms with E-state index in [2.05, 4.69) is 49.6 Å². The molecular formula is C16H26N2O. The van der Waals surface area contributed by atoms with Crippen LogP contribution >= 0.6 is 0 Å². The van der Waals surface area contributed by atoms with E-state index in [9.17, 15) is 0 Å². The van der Waals surface area contributed by atoms with Crippen molar-refractivity contribution in [1.82, 2.24) is 10.6 Å². The molecule has 1 aromatic carbocycles. The number of benzene rings is 1. The highest BCUT2D eigenvalue weighted by Gasteiger charge is 2.15. The lowest BCUT2D eigenvalue weighted by molar-refractivity contribution is 0.242. The molecule has 1 fully saturated rings. The second kappa shape index (κ2) is 6.92. The minimum absolute atomic E-state index is 0.223. The van der Waals surface area contributed by atoms with Crippen LogP contribution in [0.15, 0.2) is 24.3 Å². The van der Waals surface area contributed by atoms with Crippen molar-refractivity contribution >= 4 is 0 Å². The number of rotatable bonds is 6. The second-order valence-electron chi connectivity index (χ2n) is 5.66. The Morgan fingerprint density at radius 2 is 2.21 bits per heavy atom. The average molecular weight is 262 g/mol. The van der Waals surface area contributed by atoms with E-state index in [1.54, 1.807) is 0 Å². The maximum absolute atomic E-state index is 5.74. The van der Waals surface area contributed by atoms with Crippen molar-refractivity contribution in [3.63, 3.8) is 0 Å². The summed E-state index contributed by atoms with van der Waals surface area (Å²) < 4.78 is 5.74. The third-order valence-electron chi connectivity index (χ3n) is 3.56. The van der Waals surface area contributed by atoms with Crippen LogP contribution < -0.4 is 15.4 Å². The molecule has 1 heterocycles. The summed E-state index contributed by atoms with van der Waals surface area (Å²) in [7, 11) is 0. The average Bonchev–Trinajstić information content (AvgIpc) is 2.88. The third-order valence-corrected chi connectivity index (χ3v) is 3.56. The summed E-state index contributed by atoms with van der Waals surface area (Å²) in [6, 6.07) is 9.39. The number of hydrogen-bond acceptors (Lipinski definition) is 3. The van der Waals surface area contributed by atoms with E-state index in [-0.39, 0.29) is 6.10 Å². The molecule has 106 valence electrons. The minimum Gasteiger partial charge on any atom is -0.491 e. The third kappa shape index (κ3) is 4.51. The Hall–Kier alpha value is -1.06.